The molecule has 0 radical (unpaired) electrons. The van der Waals surface area contributed by atoms with Crippen LogP contribution in [0.1, 0.15) is 18.4 Å². The van der Waals surface area contributed by atoms with E-state index in [-0.39, 0.29) is 5.02 Å². The zero-order chi connectivity index (χ0) is 13.2. The van der Waals surface area contributed by atoms with Gasteiger partial charge in [-0.1, -0.05) is 11.6 Å². The fourth-order valence-corrected chi connectivity index (χ4v) is 3.17. The number of hydrogen-bond acceptors (Lipinski definition) is 3. The molecule has 1 saturated heterocycles. The highest BCUT2D eigenvalue weighted by Gasteiger charge is 2.31. The van der Waals surface area contributed by atoms with Gasteiger partial charge in [-0.2, -0.15) is 24.9 Å². The van der Waals surface area contributed by atoms with Gasteiger partial charge in [0.15, 0.2) is 0 Å². The predicted molar refractivity (Wildman–Crippen MR) is 68.2 cm³/mol. The van der Waals surface area contributed by atoms with E-state index in [0.29, 0.717) is 17.6 Å². The molecule has 0 spiro atoms. The third-order valence-electron chi connectivity index (χ3n) is 2.69. The standard InChI is InChI=1S/C11H12ClF3N2S/c12-9-4-7(11(13,14)15)5-16-10(9)17-6-8-2-1-3-18-8/h4-5,8H,1-3,6H2,(H,16,17). The number of aromatic nitrogens is 1. The highest BCUT2D eigenvalue weighted by Crippen LogP contribution is 2.33. The van der Waals surface area contributed by atoms with Crippen LogP contribution in [0.2, 0.25) is 5.02 Å². The normalized spacial score (nSPS) is 20.1. The molecule has 0 aromatic carbocycles. The minimum Gasteiger partial charge on any atom is -0.368 e. The van der Waals surface area contributed by atoms with Gasteiger partial charge in [-0.25, -0.2) is 4.98 Å². The largest absolute Gasteiger partial charge is 0.417 e. The molecule has 1 N–H and O–H groups in total. The van der Waals surface area contributed by atoms with Crippen LogP contribution in [0.5, 0.6) is 0 Å². The van der Waals surface area contributed by atoms with Crippen molar-refractivity contribution in [2.75, 3.05) is 17.6 Å². The molecule has 2 heterocycles. The minimum absolute atomic E-state index is 0.00724. The molecule has 1 aromatic rings. The second-order valence-electron chi connectivity index (χ2n) is 4.07. The van der Waals surface area contributed by atoms with Gasteiger partial charge >= 0.3 is 6.18 Å². The van der Waals surface area contributed by atoms with E-state index in [2.05, 4.69) is 10.3 Å². The Balaban J connectivity index is 2.01. The summed E-state index contributed by atoms with van der Waals surface area (Å²) in [5.74, 6) is 1.46. The van der Waals surface area contributed by atoms with Gasteiger partial charge in [-0.3, -0.25) is 0 Å². The first-order valence-corrected chi connectivity index (χ1v) is 6.97. The Hall–Kier alpha value is -0.620. The van der Waals surface area contributed by atoms with Crippen molar-refractivity contribution in [1.82, 2.24) is 4.98 Å². The smallest absolute Gasteiger partial charge is 0.368 e. The number of nitrogens with zero attached hydrogens (tertiary/aromatic N) is 1. The summed E-state index contributed by atoms with van der Waals surface area (Å²) in [6, 6.07) is 0.901. The Labute approximate surface area is 112 Å². The molecule has 1 fully saturated rings. The molecule has 2 nitrogen and oxygen atoms in total. The van der Waals surface area contributed by atoms with Crippen LogP contribution in [-0.4, -0.2) is 22.5 Å². The molecular formula is C11H12ClF3N2S. The van der Waals surface area contributed by atoms with E-state index in [1.54, 1.807) is 0 Å². The average molecular weight is 297 g/mol. The average Bonchev–Trinajstić information content (AvgIpc) is 2.79. The Bertz CT molecular complexity index is 419. The van der Waals surface area contributed by atoms with Gasteiger partial charge in [-0.05, 0) is 24.7 Å². The quantitative estimate of drug-likeness (QED) is 0.910. The van der Waals surface area contributed by atoms with Crippen molar-refractivity contribution in [3.05, 3.63) is 22.8 Å². The molecule has 2 rings (SSSR count). The van der Waals surface area contributed by atoms with Crippen molar-refractivity contribution in [1.29, 1.82) is 0 Å². The summed E-state index contributed by atoms with van der Waals surface area (Å²) >= 11 is 7.65. The third-order valence-corrected chi connectivity index (χ3v) is 4.38. The molecule has 1 unspecified atom stereocenters. The van der Waals surface area contributed by atoms with Gasteiger partial charge in [0.25, 0.3) is 0 Å². The lowest BCUT2D eigenvalue weighted by Gasteiger charge is -2.13. The number of anilines is 1. The molecule has 0 amide bonds. The Morgan fingerprint density at radius 3 is 2.83 bits per heavy atom. The summed E-state index contributed by atoms with van der Waals surface area (Å²) < 4.78 is 37.2. The van der Waals surface area contributed by atoms with Gasteiger partial charge in [0.1, 0.15) is 5.82 Å². The van der Waals surface area contributed by atoms with E-state index in [9.17, 15) is 13.2 Å². The van der Waals surface area contributed by atoms with Crippen LogP contribution in [0.4, 0.5) is 19.0 Å². The van der Waals surface area contributed by atoms with Gasteiger partial charge in [0, 0.05) is 18.0 Å². The molecule has 1 aliphatic heterocycles. The van der Waals surface area contributed by atoms with Crippen molar-refractivity contribution in [3.63, 3.8) is 0 Å². The summed E-state index contributed by atoms with van der Waals surface area (Å²) in [6.07, 6.45) is -1.30. The lowest BCUT2D eigenvalue weighted by molar-refractivity contribution is -0.137. The number of hydrogen-bond donors (Lipinski definition) is 1. The van der Waals surface area contributed by atoms with Crippen molar-refractivity contribution >= 4 is 29.2 Å². The number of nitrogens with one attached hydrogen (secondary N) is 1. The van der Waals surface area contributed by atoms with Crippen LogP contribution in [0.3, 0.4) is 0 Å². The summed E-state index contributed by atoms with van der Waals surface area (Å²) in [4.78, 5) is 3.73. The highest BCUT2D eigenvalue weighted by atomic mass is 35.5. The number of thioether (sulfide) groups is 1. The SMILES string of the molecule is FC(F)(F)c1cnc(NCC2CCCS2)c(Cl)c1. The Morgan fingerprint density at radius 1 is 1.50 bits per heavy atom. The van der Waals surface area contributed by atoms with Crippen molar-refractivity contribution in [2.24, 2.45) is 0 Å². The maximum absolute atomic E-state index is 12.4. The van der Waals surface area contributed by atoms with E-state index in [1.807, 2.05) is 11.8 Å². The zero-order valence-electron chi connectivity index (χ0n) is 9.43. The molecule has 0 bridgehead atoms. The monoisotopic (exact) mass is 296 g/mol. The second kappa shape index (κ2) is 5.57. The lowest BCUT2D eigenvalue weighted by atomic mass is 10.2. The van der Waals surface area contributed by atoms with Crippen LogP contribution in [0, 0.1) is 0 Å². The highest BCUT2D eigenvalue weighted by molar-refractivity contribution is 8.00. The fourth-order valence-electron chi connectivity index (χ4n) is 1.74. The number of rotatable bonds is 3. The molecule has 0 saturated carbocycles. The van der Waals surface area contributed by atoms with Gasteiger partial charge in [-0.15, -0.1) is 0 Å². The molecule has 0 aliphatic carbocycles. The topological polar surface area (TPSA) is 24.9 Å². The molecular weight excluding hydrogens is 285 g/mol. The molecule has 18 heavy (non-hydrogen) atoms. The van der Waals surface area contributed by atoms with Gasteiger partial charge in [0.2, 0.25) is 0 Å². The maximum Gasteiger partial charge on any atom is 0.417 e. The molecule has 1 aromatic heterocycles. The van der Waals surface area contributed by atoms with E-state index in [0.717, 1.165) is 24.4 Å². The van der Waals surface area contributed by atoms with Gasteiger partial charge < -0.3 is 5.32 Å². The molecule has 100 valence electrons. The van der Waals surface area contributed by atoms with Crippen molar-refractivity contribution in [2.45, 2.75) is 24.3 Å². The van der Waals surface area contributed by atoms with E-state index < -0.39 is 11.7 Å². The van der Waals surface area contributed by atoms with E-state index >= 15 is 0 Å². The summed E-state index contributed by atoms with van der Waals surface area (Å²) in [6.45, 7) is 0.683. The van der Waals surface area contributed by atoms with Gasteiger partial charge in [0.05, 0.1) is 10.6 Å². The van der Waals surface area contributed by atoms with Crippen LogP contribution < -0.4 is 5.32 Å². The summed E-state index contributed by atoms with van der Waals surface area (Å²) in [5, 5.41) is 3.50. The van der Waals surface area contributed by atoms with Crippen molar-refractivity contribution < 1.29 is 13.2 Å². The van der Waals surface area contributed by atoms with Crippen LogP contribution in [-0.2, 0) is 6.18 Å². The third kappa shape index (κ3) is 3.45. The van der Waals surface area contributed by atoms with Crippen LogP contribution in [0.15, 0.2) is 12.3 Å². The Morgan fingerprint density at radius 2 is 2.28 bits per heavy atom. The molecule has 1 aliphatic rings. The van der Waals surface area contributed by atoms with E-state index in [1.165, 1.54) is 6.42 Å². The number of alkyl halides is 3. The summed E-state index contributed by atoms with van der Waals surface area (Å²) in [7, 11) is 0. The zero-order valence-corrected chi connectivity index (χ0v) is 11.0. The first-order chi connectivity index (χ1) is 8.47. The fraction of sp³-hybridized carbons (Fsp3) is 0.545. The minimum atomic E-state index is -4.41. The number of pyridine rings is 1. The Kier molecular flexibility index (Phi) is 4.27. The number of halogens is 4. The molecule has 1 atom stereocenters. The summed E-state index contributed by atoms with van der Waals surface area (Å²) in [5.41, 5.74) is -0.826. The predicted octanol–water partition coefficient (Wildman–Crippen LogP) is 4.06. The second-order valence-corrected chi connectivity index (χ2v) is 5.88. The van der Waals surface area contributed by atoms with E-state index in [4.69, 9.17) is 11.6 Å². The van der Waals surface area contributed by atoms with Crippen molar-refractivity contribution in [3.8, 4) is 0 Å². The molecule has 7 heteroatoms. The lowest BCUT2D eigenvalue weighted by Crippen LogP contribution is -2.15. The van der Waals surface area contributed by atoms with Crippen LogP contribution >= 0.6 is 23.4 Å². The maximum atomic E-state index is 12.4. The first kappa shape index (κ1) is 13.8. The first-order valence-electron chi connectivity index (χ1n) is 5.55. The van der Waals surface area contributed by atoms with Crippen LogP contribution in [0.25, 0.3) is 0 Å².